The van der Waals surface area contributed by atoms with Crippen molar-refractivity contribution < 1.29 is 4.74 Å². The quantitative estimate of drug-likeness (QED) is 0.855. The molecule has 3 heterocycles. The molecule has 7 nitrogen and oxygen atoms in total. The molecule has 2 aromatic heterocycles. The summed E-state index contributed by atoms with van der Waals surface area (Å²) in [5.41, 5.74) is 0.529. The van der Waals surface area contributed by atoms with Crippen LogP contribution in [0.4, 0.5) is 5.82 Å². The van der Waals surface area contributed by atoms with Crippen LogP contribution in [0, 0.1) is 6.92 Å². The third-order valence-corrected chi connectivity index (χ3v) is 3.15. The molecule has 1 N–H and O–H groups in total. The van der Waals surface area contributed by atoms with Crippen molar-refractivity contribution in [1.82, 2.24) is 19.9 Å². The van der Waals surface area contributed by atoms with E-state index in [9.17, 15) is 4.79 Å². The molecular weight excluding hydrogens is 258 g/mol. The Morgan fingerprint density at radius 2 is 2.40 bits per heavy atom. The first-order valence-corrected chi connectivity index (χ1v) is 6.43. The van der Waals surface area contributed by atoms with E-state index >= 15 is 0 Å². The number of hydrogen-bond donors (Lipinski definition) is 1. The van der Waals surface area contributed by atoms with E-state index in [-0.39, 0.29) is 11.7 Å². The van der Waals surface area contributed by atoms with Gasteiger partial charge >= 0.3 is 0 Å². The summed E-state index contributed by atoms with van der Waals surface area (Å²) in [4.78, 5) is 28.8. The van der Waals surface area contributed by atoms with Crippen LogP contribution >= 0.6 is 0 Å². The molecule has 3 rings (SSSR count). The topological polar surface area (TPSA) is 84.0 Å². The van der Waals surface area contributed by atoms with Crippen molar-refractivity contribution in [1.29, 1.82) is 0 Å². The average molecular weight is 273 g/mol. The highest BCUT2D eigenvalue weighted by Crippen LogP contribution is 2.21. The lowest BCUT2D eigenvalue weighted by molar-refractivity contribution is 0.0335. The van der Waals surface area contributed by atoms with Gasteiger partial charge in [0.15, 0.2) is 0 Å². The maximum Gasteiger partial charge on any atom is 0.251 e. The zero-order valence-corrected chi connectivity index (χ0v) is 11.1. The van der Waals surface area contributed by atoms with Gasteiger partial charge in [-0.2, -0.15) is 0 Å². The summed E-state index contributed by atoms with van der Waals surface area (Å²) in [7, 11) is 0. The number of aromatic amines is 1. The molecule has 1 unspecified atom stereocenters. The molecule has 0 aromatic carbocycles. The fraction of sp³-hybridized carbons (Fsp3) is 0.385. The summed E-state index contributed by atoms with van der Waals surface area (Å²) in [6.07, 6.45) is 2.97. The number of hydrogen-bond acceptors (Lipinski definition) is 6. The van der Waals surface area contributed by atoms with Gasteiger partial charge in [0.05, 0.1) is 13.2 Å². The van der Waals surface area contributed by atoms with Gasteiger partial charge < -0.3 is 14.6 Å². The highest BCUT2D eigenvalue weighted by atomic mass is 16.5. The summed E-state index contributed by atoms with van der Waals surface area (Å²) in [6.45, 7) is 3.71. The average Bonchev–Trinajstić information content (AvgIpc) is 2.47. The first-order valence-electron chi connectivity index (χ1n) is 6.43. The second kappa shape index (κ2) is 5.38. The van der Waals surface area contributed by atoms with Gasteiger partial charge in [-0.05, 0) is 13.0 Å². The lowest BCUT2D eigenvalue weighted by atomic mass is 10.2. The van der Waals surface area contributed by atoms with Crippen LogP contribution in [-0.4, -0.2) is 39.6 Å². The van der Waals surface area contributed by atoms with Gasteiger partial charge in [0.2, 0.25) is 0 Å². The Morgan fingerprint density at radius 1 is 1.50 bits per heavy atom. The summed E-state index contributed by atoms with van der Waals surface area (Å²) in [6, 6.07) is 3.32. The molecule has 0 amide bonds. The molecule has 104 valence electrons. The Balaban J connectivity index is 1.83. The second-order valence-electron chi connectivity index (χ2n) is 4.65. The van der Waals surface area contributed by atoms with Gasteiger partial charge in [-0.25, -0.2) is 15.0 Å². The predicted molar refractivity (Wildman–Crippen MR) is 72.5 cm³/mol. The van der Waals surface area contributed by atoms with Gasteiger partial charge in [0, 0.05) is 24.5 Å². The van der Waals surface area contributed by atoms with E-state index in [2.05, 4.69) is 24.8 Å². The SMILES string of the molecule is Cc1cc(=O)[nH]c(C2CN(c3ccncn3)CCO2)n1. The van der Waals surface area contributed by atoms with Crippen LogP contribution in [0.1, 0.15) is 17.6 Å². The molecule has 1 fully saturated rings. The number of nitrogens with zero attached hydrogens (tertiary/aromatic N) is 4. The van der Waals surface area contributed by atoms with Crippen molar-refractivity contribution in [2.45, 2.75) is 13.0 Å². The molecule has 0 spiro atoms. The third kappa shape index (κ3) is 2.67. The zero-order valence-electron chi connectivity index (χ0n) is 11.1. The summed E-state index contributed by atoms with van der Waals surface area (Å²) < 4.78 is 5.71. The number of nitrogens with one attached hydrogen (secondary N) is 1. The highest BCUT2D eigenvalue weighted by Gasteiger charge is 2.24. The van der Waals surface area contributed by atoms with Crippen molar-refractivity contribution in [3.63, 3.8) is 0 Å². The van der Waals surface area contributed by atoms with E-state index in [1.54, 1.807) is 13.1 Å². The molecule has 2 aromatic rings. The molecular formula is C13H15N5O2. The summed E-state index contributed by atoms with van der Waals surface area (Å²) >= 11 is 0. The Kier molecular flexibility index (Phi) is 3.42. The lowest BCUT2D eigenvalue weighted by Gasteiger charge is -2.33. The molecule has 20 heavy (non-hydrogen) atoms. The zero-order chi connectivity index (χ0) is 13.9. The third-order valence-electron chi connectivity index (χ3n) is 3.15. The van der Waals surface area contributed by atoms with Gasteiger partial charge in [0.1, 0.15) is 24.1 Å². The normalized spacial score (nSPS) is 19.1. The van der Waals surface area contributed by atoms with Crippen molar-refractivity contribution >= 4 is 5.82 Å². The van der Waals surface area contributed by atoms with Crippen molar-refractivity contribution in [2.24, 2.45) is 0 Å². The second-order valence-corrected chi connectivity index (χ2v) is 4.65. The molecule has 0 bridgehead atoms. The molecule has 0 aliphatic carbocycles. The molecule has 0 saturated carbocycles. The van der Waals surface area contributed by atoms with Crippen LogP contribution in [0.5, 0.6) is 0 Å². The predicted octanol–water partition coefficient (Wildman–Crippen LogP) is 0.446. The molecule has 0 radical (unpaired) electrons. The molecule has 1 aliphatic rings. The first-order chi connectivity index (χ1) is 9.72. The molecule has 1 atom stereocenters. The van der Waals surface area contributed by atoms with Gasteiger partial charge in [-0.15, -0.1) is 0 Å². The van der Waals surface area contributed by atoms with E-state index in [0.717, 1.165) is 12.4 Å². The van der Waals surface area contributed by atoms with E-state index in [1.165, 1.54) is 12.4 Å². The first kappa shape index (κ1) is 12.7. The standard InChI is InChI=1S/C13H15N5O2/c1-9-6-12(19)17-13(16-9)10-7-18(4-5-20-10)11-2-3-14-8-15-11/h2-3,6,8,10H,4-5,7H2,1H3,(H,16,17,19). The van der Waals surface area contributed by atoms with Crippen molar-refractivity contribution in [2.75, 3.05) is 24.6 Å². The number of aryl methyl sites for hydroxylation is 1. The molecule has 7 heteroatoms. The number of aromatic nitrogens is 4. The lowest BCUT2D eigenvalue weighted by Crippen LogP contribution is -2.40. The minimum atomic E-state index is -0.258. The van der Waals surface area contributed by atoms with Crippen LogP contribution in [0.3, 0.4) is 0 Å². The Bertz CT molecular complexity index is 643. The van der Waals surface area contributed by atoms with E-state index in [0.29, 0.717) is 24.7 Å². The van der Waals surface area contributed by atoms with E-state index in [1.807, 2.05) is 6.07 Å². The largest absolute Gasteiger partial charge is 0.367 e. The Morgan fingerprint density at radius 3 is 3.15 bits per heavy atom. The van der Waals surface area contributed by atoms with E-state index < -0.39 is 0 Å². The summed E-state index contributed by atoms with van der Waals surface area (Å²) in [5.74, 6) is 1.41. The smallest absolute Gasteiger partial charge is 0.251 e. The number of H-pyrrole nitrogens is 1. The number of rotatable bonds is 2. The molecule has 1 aliphatic heterocycles. The Hall–Kier alpha value is -2.28. The van der Waals surface area contributed by atoms with Crippen LogP contribution in [0.25, 0.3) is 0 Å². The maximum atomic E-state index is 11.5. The fourth-order valence-electron chi connectivity index (χ4n) is 2.25. The van der Waals surface area contributed by atoms with Gasteiger partial charge in [-0.3, -0.25) is 4.79 Å². The van der Waals surface area contributed by atoms with Gasteiger partial charge in [0.25, 0.3) is 5.56 Å². The van der Waals surface area contributed by atoms with Crippen LogP contribution in [0.2, 0.25) is 0 Å². The minimum Gasteiger partial charge on any atom is -0.367 e. The minimum absolute atomic E-state index is 0.157. The number of anilines is 1. The number of morpholine rings is 1. The summed E-state index contributed by atoms with van der Waals surface area (Å²) in [5, 5.41) is 0. The monoisotopic (exact) mass is 273 g/mol. The maximum absolute atomic E-state index is 11.5. The fourth-order valence-corrected chi connectivity index (χ4v) is 2.25. The Labute approximate surface area is 115 Å². The highest BCUT2D eigenvalue weighted by molar-refractivity contribution is 5.37. The van der Waals surface area contributed by atoms with Crippen LogP contribution < -0.4 is 10.5 Å². The molecule has 1 saturated heterocycles. The van der Waals surface area contributed by atoms with Crippen molar-refractivity contribution in [3.05, 3.63) is 46.5 Å². The van der Waals surface area contributed by atoms with Crippen LogP contribution in [0.15, 0.2) is 29.5 Å². The van der Waals surface area contributed by atoms with Crippen LogP contribution in [-0.2, 0) is 4.74 Å². The van der Waals surface area contributed by atoms with Crippen molar-refractivity contribution in [3.8, 4) is 0 Å². The number of ether oxygens (including phenoxy) is 1. The van der Waals surface area contributed by atoms with Gasteiger partial charge in [-0.1, -0.05) is 0 Å². The van der Waals surface area contributed by atoms with E-state index in [4.69, 9.17) is 4.74 Å².